The average Bonchev–Trinajstić information content (AvgIpc) is 3.20. The van der Waals surface area contributed by atoms with Crippen molar-refractivity contribution in [2.75, 3.05) is 0 Å². The molecule has 4 aliphatic rings. The maximum absolute atomic E-state index is 13.6. The summed E-state index contributed by atoms with van der Waals surface area (Å²) in [7, 11) is 0. The van der Waals surface area contributed by atoms with Gasteiger partial charge in [0.1, 0.15) is 0 Å². The molecule has 30 heavy (non-hydrogen) atoms. The minimum atomic E-state index is -0.182. The lowest BCUT2D eigenvalue weighted by Crippen LogP contribution is -2.54. The summed E-state index contributed by atoms with van der Waals surface area (Å²) in [4.78, 5) is 13.6. The van der Waals surface area contributed by atoms with Crippen LogP contribution in [0, 0.1) is 41.4 Å². The molecule has 0 unspecified atom stereocenters. The molecule has 0 saturated heterocycles. The summed E-state index contributed by atoms with van der Waals surface area (Å²) in [6.45, 7) is 9.78. The smallest absolute Gasteiger partial charge is 0.165 e. The van der Waals surface area contributed by atoms with Gasteiger partial charge in [0, 0.05) is 23.7 Å². The minimum absolute atomic E-state index is 0.0941. The van der Waals surface area contributed by atoms with Gasteiger partial charge in [-0.25, -0.2) is 0 Å². The normalized spacial score (nSPS) is 44.6. The van der Waals surface area contributed by atoms with Crippen LogP contribution >= 0.6 is 0 Å². The Morgan fingerprint density at radius 1 is 1.20 bits per heavy atom. The Labute approximate surface area is 181 Å². The quantitative estimate of drug-likeness (QED) is 0.684. The molecule has 5 rings (SSSR count). The summed E-state index contributed by atoms with van der Waals surface area (Å²) in [5, 5.41) is 14.8. The number of fused-ring (bicyclic) bond motifs is 5. The van der Waals surface area contributed by atoms with Gasteiger partial charge < -0.3 is 5.11 Å². The number of allylic oxidation sites excluding steroid dienone is 1. The fraction of sp³-hybridized carbons (Fsp3) is 0.769. The Morgan fingerprint density at radius 3 is 2.73 bits per heavy atom. The molecular formula is C26H38N2O2. The molecule has 1 aromatic rings. The van der Waals surface area contributed by atoms with Gasteiger partial charge >= 0.3 is 0 Å². The molecule has 7 atom stereocenters. The summed E-state index contributed by atoms with van der Waals surface area (Å²) in [6, 6.07) is 0. The largest absolute Gasteiger partial charge is 0.393 e. The molecule has 0 bridgehead atoms. The molecular weight excluding hydrogens is 372 g/mol. The number of Topliss-reactive ketones (excluding diaryl/α,β-unsaturated/α-hetero) is 1. The zero-order chi connectivity index (χ0) is 21.3. The highest BCUT2D eigenvalue weighted by atomic mass is 16.3. The fourth-order valence-electron chi connectivity index (χ4n) is 8.06. The second-order valence-corrected chi connectivity index (χ2v) is 11.3. The SMILES string of the molecule is CCn1cc(/C=C2\C[C@@H]3[C@H]4CC[C@H]5C[C@@H](O)CC[C@]5(C)[C@@H]4CC[C@@]3(C)C2=O)c(C)n1. The van der Waals surface area contributed by atoms with Crippen molar-refractivity contribution in [2.45, 2.75) is 91.7 Å². The number of aryl methyl sites for hydroxylation is 2. The third-order valence-electron chi connectivity index (χ3n) is 9.92. The number of aliphatic hydroxyl groups excluding tert-OH is 1. The number of hydrogen-bond acceptors (Lipinski definition) is 3. The first-order chi connectivity index (χ1) is 14.3. The topological polar surface area (TPSA) is 55.1 Å². The Balaban J connectivity index is 1.45. The van der Waals surface area contributed by atoms with E-state index in [1.165, 1.54) is 19.3 Å². The first-order valence-corrected chi connectivity index (χ1v) is 12.2. The predicted molar refractivity (Wildman–Crippen MR) is 119 cm³/mol. The van der Waals surface area contributed by atoms with Crippen LogP contribution in [-0.2, 0) is 11.3 Å². The van der Waals surface area contributed by atoms with E-state index < -0.39 is 0 Å². The van der Waals surface area contributed by atoms with Gasteiger partial charge in [0.2, 0.25) is 0 Å². The van der Waals surface area contributed by atoms with E-state index >= 15 is 0 Å². The Hall–Kier alpha value is -1.42. The molecule has 4 aliphatic carbocycles. The number of carbonyl (C=O) groups excluding carboxylic acids is 1. The van der Waals surface area contributed by atoms with Crippen LogP contribution in [0.2, 0.25) is 0 Å². The van der Waals surface area contributed by atoms with Crippen LogP contribution in [0.1, 0.15) is 83.4 Å². The number of hydrogen-bond donors (Lipinski definition) is 1. The summed E-state index contributed by atoms with van der Waals surface area (Å²) < 4.78 is 1.96. The first kappa shape index (κ1) is 20.5. The Bertz CT molecular complexity index is 886. The summed E-state index contributed by atoms with van der Waals surface area (Å²) in [5.41, 5.74) is 3.34. The van der Waals surface area contributed by atoms with E-state index in [9.17, 15) is 9.90 Å². The summed E-state index contributed by atoms with van der Waals surface area (Å²) in [6.07, 6.45) is 12.9. The number of carbonyl (C=O) groups is 1. The molecule has 1 N–H and O–H groups in total. The van der Waals surface area contributed by atoms with Crippen LogP contribution in [0.3, 0.4) is 0 Å². The van der Waals surface area contributed by atoms with Gasteiger partial charge in [-0.1, -0.05) is 13.8 Å². The number of rotatable bonds is 2. The lowest BCUT2D eigenvalue weighted by molar-refractivity contribution is -0.141. The molecule has 4 nitrogen and oxygen atoms in total. The zero-order valence-corrected chi connectivity index (χ0v) is 19.2. The second-order valence-electron chi connectivity index (χ2n) is 11.3. The highest BCUT2D eigenvalue weighted by Gasteiger charge is 2.61. The van der Waals surface area contributed by atoms with Crippen molar-refractivity contribution in [1.29, 1.82) is 0 Å². The van der Waals surface area contributed by atoms with E-state index in [1.807, 2.05) is 11.6 Å². The lowest BCUT2D eigenvalue weighted by atomic mass is 9.45. The molecule has 1 aromatic heterocycles. The van der Waals surface area contributed by atoms with Crippen LogP contribution in [-0.4, -0.2) is 26.8 Å². The summed E-state index contributed by atoms with van der Waals surface area (Å²) >= 11 is 0. The highest BCUT2D eigenvalue weighted by Crippen LogP contribution is 2.66. The third-order valence-corrected chi connectivity index (χ3v) is 9.92. The standard InChI is InChI=1S/C26H38N2O2/c1-5-28-15-18(16(2)27-28)12-17-13-23-21-7-6-19-14-20(29)8-10-25(19,3)22(21)9-11-26(23,4)24(17)30/h12,15,19-23,29H,5-11,13-14H2,1-4H3/b17-12+/t19-,20-,21-,22+,23+,25-,26+/m0/s1. The minimum Gasteiger partial charge on any atom is -0.393 e. The van der Waals surface area contributed by atoms with E-state index in [-0.39, 0.29) is 11.5 Å². The highest BCUT2D eigenvalue weighted by molar-refractivity contribution is 6.06. The molecule has 164 valence electrons. The molecule has 0 radical (unpaired) electrons. The Morgan fingerprint density at radius 2 is 2.00 bits per heavy atom. The molecule has 0 amide bonds. The fourth-order valence-corrected chi connectivity index (χ4v) is 8.06. The van der Waals surface area contributed by atoms with Crippen molar-refractivity contribution in [3.8, 4) is 0 Å². The monoisotopic (exact) mass is 410 g/mol. The van der Waals surface area contributed by atoms with Gasteiger partial charge in [-0.05, 0) is 106 Å². The van der Waals surface area contributed by atoms with E-state index in [2.05, 4.69) is 38.1 Å². The van der Waals surface area contributed by atoms with E-state index in [0.29, 0.717) is 29.0 Å². The molecule has 4 saturated carbocycles. The maximum Gasteiger partial charge on any atom is 0.165 e. The molecule has 1 heterocycles. The molecule has 4 fully saturated rings. The van der Waals surface area contributed by atoms with Gasteiger partial charge in [0.15, 0.2) is 5.78 Å². The van der Waals surface area contributed by atoms with Crippen LogP contribution in [0.4, 0.5) is 0 Å². The number of aromatic nitrogens is 2. The van der Waals surface area contributed by atoms with Crippen molar-refractivity contribution in [2.24, 2.45) is 34.5 Å². The number of ketones is 1. The van der Waals surface area contributed by atoms with Crippen molar-refractivity contribution in [1.82, 2.24) is 9.78 Å². The van der Waals surface area contributed by atoms with E-state index in [4.69, 9.17) is 0 Å². The van der Waals surface area contributed by atoms with Crippen LogP contribution < -0.4 is 0 Å². The van der Waals surface area contributed by atoms with Gasteiger partial charge in [-0.3, -0.25) is 9.48 Å². The van der Waals surface area contributed by atoms with Crippen molar-refractivity contribution in [3.63, 3.8) is 0 Å². The van der Waals surface area contributed by atoms with E-state index in [1.54, 1.807) is 0 Å². The van der Waals surface area contributed by atoms with Gasteiger partial charge in [-0.15, -0.1) is 0 Å². The molecule has 0 spiro atoms. The van der Waals surface area contributed by atoms with Gasteiger partial charge in [0.25, 0.3) is 0 Å². The lowest BCUT2D eigenvalue weighted by Gasteiger charge is -2.59. The van der Waals surface area contributed by atoms with Crippen molar-refractivity contribution < 1.29 is 9.90 Å². The van der Waals surface area contributed by atoms with Gasteiger partial charge in [-0.2, -0.15) is 5.10 Å². The molecule has 0 aliphatic heterocycles. The molecule has 4 heteroatoms. The number of nitrogens with zero attached hydrogens (tertiary/aromatic N) is 2. The second kappa shape index (κ2) is 7.05. The first-order valence-electron chi connectivity index (χ1n) is 12.2. The van der Waals surface area contributed by atoms with E-state index in [0.717, 1.165) is 61.4 Å². The van der Waals surface area contributed by atoms with Crippen molar-refractivity contribution in [3.05, 3.63) is 23.0 Å². The summed E-state index contributed by atoms with van der Waals surface area (Å²) in [5.74, 6) is 2.94. The third kappa shape index (κ3) is 2.89. The maximum atomic E-state index is 13.6. The van der Waals surface area contributed by atoms with Crippen LogP contribution in [0.25, 0.3) is 6.08 Å². The Kier molecular flexibility index (Phi) is 4.81. The average molecular weight is 411 g/mol. The number of aliphatic hydroxyl groups is 1. The zero-order valence-electron chi connectivity index (χ0n) is 19.2. The predicted octanol–water partition coefficient (Wildman–Crippen LogP) is 5.18. The van der Waals surface area contributed by atoms with Crippen LogP contribution in [0.5, 0.6) is 0 Å². The van der Waals surface area contributed by atoms with Crippen molar-refractivity contribution >= 4 is 11.9 Å². The van der Waals surface area contributed by atoms with Gasteiger partial charge in [0.05, 0.1) is 11.8 Å². The van der Waals surface area contributed by atoms with Crippen LogP contribution in [0.15, 0.2) is 11.8 Å². The molecule has 0 aromatic carbocycles.